The van der Waals surface area contributed by atoms with Gasteiger partial charge in [0.2, 0.25) is 0 Å². The van der Waals surface area contributed by atoms with E-state index in [-0.39, 0.29) is 30.9 Å². The standard InChI is InChI=1S/C18H23NO3.C13H11BrO3.C5H13N.C2H3N.CH4/c1-3-4-5-8-19-12-15-9-13-6-7-16(20)10-14(13)11-17(15)18(21)22-2;1-17-13(16)12-6-9-5-11(15)3-2-8(9)4-10(12)7-14;1-2-3-4-5-6;1-2-3;/h6-7,9-11,19-20H,3-5,8,12H2,1-2H3;2-6,15H,7H2,1H3;2-6H2,1H3;1H3;1H4. The molecule has 0 amide bonds. The second kappa shape index (κ2) is 25.8. The fourth-order valence-electron chi connectivity index (χ4n) is 4.64. The Bertz CT molecular complexity index is 1620. The zero-order chi connectivity index (χ0) is 35.9. The van der Waals surface area contributed by atoms with Crippen LogP contribution in [0.3, 0.4) is 0 Å². The molecule has 0 saturated heterocycles. The predicted molar refractivity (Wildman–Crippen MR) is 204 cm³/mol. The number of carbonyl (C=O) groups is 2. The van der Waals surface area contributed by atoms with Crippen LogP contribution in [-0.2, 0) is 21.3 Å². The van der Waals surface area contributed by atoms with Crippen molar-refractivity contribution in [3.05, 3.63) is 82.9 Å². The summed E-state index contributed by atoms with van der Waals surface area (Å²) in [6.45, 7) is 8.20. The number of carbonyl (C=O) groups excluding carboxylic acids is 2. The van der Waals surface area contributed by atoms with Gasteiger partial charge in [0, 0.05) is 18.8 Å². The lowest BCUT2D eigenvalue weighted by molar-refractivity contribution is 0.0591. The minimum atomic E-state index is -0.371. The number of nitrogens with zero attached hydrogens (tertiary/aromatic N) is 1. The Morgan fingerprint density at radius 3 is 1.63 bits per heavy atom. The normalized spacial score (nSPS) is 9.76. The van der Waals surface area contributed by atoms with Crippen LogP contribution >= 0.6 is 15.9 Å². The Morgan fingerprint density at radius 2 is 1.22 bits per heavy atom. The molecule has 0 aromatic heterocycles. The van der Waals surface area contributed by atoms with Gasteiger partial charge in [-0.2, -0.15) is 5.26 Å². The van der Waals surface area contributed by atoms with E-state index in [2.05, 4.69) is 35.1 Å². The molecule has 4 aromatic rings. The molecule has 268 valence electrons. The largest absolute Gasteiger partial charge is 0.508 e. The van der Waals surface area contributed by atoms with Crippen LogP contribution in [-0.4, -0.2) is 49.5 Å². The van der Waals surface area contributed by atoms with Gasteiger partial charge in [0.25, 0.3) is 0 Å². The molecule has 9 nitrogen and oxygen atoms in total. The van der Waals surface area contributed by atoms with E-state index in [0.717, 1.165) is 52.2 Å². The molecule has 0 aliphatic carbocycles. The van der Waals surface area contributed by atoms with Crippen LogP contribution in [0, 0.1) is 11.3 Å². The number of phenols is 2. The minimum Gasteiger partial charge on any atom is -0.508 e. The molecule has 0 saturated carbocycles. The van der Waals surface area contributed by atoms with E-state index in [1.165, 1.54) is 53.2 Å². The number of alkyl halides is 1. The SMILES string of the molecule is C.CC#N.CCCCCN.CCCCCNCc1cc2ccc(O)cc2cc1C(=O)OC.COC(=O)c1cc2cc(O)ccc2cc1CBr. The molecule has 0 atom stereocenters. The Hall–Kier alpha value is -4.17. The number of ether oxygens (including phenoxy) is 2. The summed E-state index contributed by atoms with van der Waals surface area (Å²) in [4.78, 5) is 23.6. The van der Waals surface area contributed by atoms with Gasteiger partial charge in [0.05, 0.1) is 31.4 Å². The van der Waals surface area contributed by atoms with Gasteiger partial charge in [-0.15, -0.1) is 0 Å². The summed E-state index contributed by atoms with van der Waals surface area (Å²) in [5.41, 5.74) is 8.06. The van der Waals surface area contributed by atoms with Crippen molar-refractivity contribution in [3.63, 3.8) is 0 Å². The number of rotatable bonds is 12. The molecular weight excluding hydrogens is 686 g/mol. The maximum atomic E-state index is 12.0. The molecule has 0 heterocycles. The number of nitrogens with one attached hydrogen (secondary N) is 1. The first-order chi connectivity index (χ1) is 23.1. The highest BCUT2D eigenvalue weighted by atomic mass is 79.9. The molecule has 10 heteroatoms. The first-order valence-corrected chi connectivity index (χ1v) is 17.2. The third-order valence-electron chi connectivity index (χ3n) is 7.13. The highest BCUT2D eigenvalue weighted by Gasteiger charge is 2.14. The average molecular weight is 741 g/mol. The van der Waals surface area contributed by atoms with Gasteiger partial charge >= 0.3 is 11.9 Å². The molecule has 4 rings (SSSR count). The van der Waals surface area contributed by atoms with Gasteiger partial charge in [0.15, 0.2) is 0 Å². The second-order valence-corrected chi connectivity index (χ2v) is 11.4. The summed E-state index contributed by atoms with van der Waals surface area (Å²) >= 11 is 3.35. The number of hydrogen-bond donors (Lipinski definition) is 4. The van der Waals surface area contributed by atoms with Gasteiger partial charge in [-0.3, -0.25) is 0 Å². The van der Waals surface area contributed by atoms with Gasteiger partial charge in [0.1, 0.15) is 11.5 Å². The van der Waals surface area contributed by atoms with Crippen LogP contribution in [0.2, 0.25) is 0 Å². The zero-order valence-corrected chi connectivity index (χ0v) is 30.4. The van der Waals surface area contributed by atoms with Gasteiger partial charge in [-0.1, -0.05) is 75.0 Å². The maximum Gasteiger partial charge on any atom is 0.338 e. The van der Waals surface area contributed by atoms with Crippen LogP contribution in [0.15, 0.2) is 60.7 Å². The van der Waals surface area contributed by atoms with E-state index in [4.69, 9.17) is 20.5 Å². The molecule has 0 spiro atoms. The summed E-state index contributed by atoms with van der Waals surface area (Å²) in [6, 6.07) is 19.4. The second-order valence-electron chi connectivity index (χ2n) is 10.8. The van der Waals surface area contributed by atoms with E-state index in [1.807, 2.05) is 24.3 Å². The van der Waals surface area contributed by atoms with Crippen molar-refractivity contribution in [3.8, 4) is 17.6 Å². The fraction of sp³-hybridized carbons (Fsp3) is 0.410. The lowest BCUT2D eigenvalue weighted by atomic mass is 10.0. The van der Waals surface area contributed by atoms with Gasteiger partial charge in [-0.25, -0.2) is 9.59 Å². The number of methoxy groups -OCH3 is 2. The summed E-state index contributed by atoms with van der Waals surface area (Å²) in [5, 5.41) is 33.9. The van der Waals surface area contributed by atoms with Crippen molar-refractivity contribution in [2.24, 2.45) is 5.73 Å². The number of benzene rings is 4. The third kappa shape index (κ3) is 15.7. The number of unbranched alkanes of at least 4 members (excludes halogenated alkanes) is 4. The Kier molecular flexibility index (Phi) is 23.6. The van der Waals surface area contributed by atoms with Crippen molar-refractivity contribution in [2.75, 3.05) is 27.3 Å². The maximum absolute atomic E-state index is 12.0. The zero-order valence-electron chi connectivity index (χ0n) is 28.8. The number of phenolic OH excluding ortho intramolecular Hbond substituents is 2. The minimum absolute atomic E-state index is 0. The summed E-state index contributed by atoms with van der Waals surface area (Å²) in [6.07, 6.45) is 7.28. The van der Waals surface area contributed by atoms with Gasteiger partial charge in [-0.05, 0) is 107 Å². The fourth-order valence-corrected chi connectivity index (χ4v) is 5.10. The van der Waals surface area contributed by atoms with Crippen molar-refractivity contribution in [1.82, 2.24) is 5.32 Å². The Labute approximate surface area is 300 Å². The first-order valence-electron chi connectivity index (χ1n) is 16.1. The quantitative estimate of drug-likeness (QED) is 0.0632. The van der Waals surface area contributed by atoms with Gasteiger partial charge < -0.3 is 30.7 Å². The van der Waals surface area contributed by atoms with E-state index in [9.17, 15) is 19.8 Å². The topological polar surface area (TPSA) is 155 Å². The number of nitrogens with two attached hydrogens (primary N) is 1. The number of nitriles is 1. The molecule has 49 heavy (non-hydrogen) atoms. The van der Waals surface area contributed by atoms with Crippen LogP contribution in [0.25, 0.3) is 21.5 Å². The third-order valence-corrected chi connectivity index (χ3v) is 7.73. The highest BCUT2D eigenvalue weighted by molar-refractivity contribution is 9.08. The average Bonchev–Trinajstić information content (AvgIpc) is 3.09. The van der Waals surface area contributed by atoms with Crippen LogP contribution in [0.5, 0.6) is 11.5 Å². The Morgan fingerprint density at radius 1 is 0.776 bits per heavy atom. The van der Waals surface area contributed by atoms with Crippen molar-refractivity contribution < 1.29 is 29.3 Å². The van der Waals surface area contributed by atoms with E-state index >= 15 is 0 Å². The van der Waals surface area contributed by atoms with E-state index in [0.29, 0.717) is 23.0 Å². The van der Waals surface area contributed by atoms with Crippen LogP contribution in [0.1, 0.15) is 98.6 Å². The number of hydrogen-bond acceptors (Lipinski definition) is 9. The van der Waals surface area contributed by atoms with E-state index < -0.39 is 0 Å². The monoisotopic (exact) mass is 739 g/mol. The molecule has 0 aliphatic rings. The van der Waals surface area contributed by atoms with Crippen LogP contribution < -0.4 is 11.1 Å². The number of esters is 2. The molecule has 0 bridgehead atoms. The summed E-state index contributed by atoms with van der Waals surface area (Å²) < 4.78 is 9.61. The lowest BCUT2D eigenvalue weighted by Crippen LogP contribution is -2.17. The molecule has 0 fully saturated rings. The molecule has 4 aromatic carbocycles. The lowest BCUT2D eigenvalue weighted by Gasteiger charge is -2.11. The van der Waals surface area contributed by atoms with Crippen LogP contribution in [0.4, 0.5) is 0 Å². The highest BCUT2D eigenvalue weighted by Crippen LogP contribution is 2.26. The van der Waals surface area contributed by atoms with Crippen molar-refractivity contribution in [2.45, 2.75) is 78.6 Å². The first kappa shape index (κ1) is 44.8. The Balaban J connectivity index is 0.000000756. The smallest absolute Gasteiger partial charge is 0.338 e. The van der Waals surface area contributed by atoms with Crippen molar-refractivity contribution >= 4 is 49.4 Å². The number of halogens is 1. The van der Waals surface area contributed by atoms with E-state index in [1.54, 1.807) is 42.5 Å². The molecule has 0 aliphatic heterocycles. The van der Waals surface area contributed by atoms with Crippen molar-refractivity contribution in [1.29, 1.82) is 5.26 Å². The number of aromatic hydroxyl groups is 2. The number of fused-ring (bicyclic) bond motifs is 2. The predicted octanol–water partition coefficient (Wildman–Crippen LogP) is 9.14. The summed E-state index contributed by atoms with van der Waals surface area (Å²) in [7, 11) is 2.74. The molecule has 0 unspecified atom stereocenters. The molecular formula is C39H54BrN3O6. The summed E-state index contributed by atoms with van der Waals surface area (Å²) in [5.74, 6) is -0.353. The molecule has 5 N–H and O–H groups in total. The molecule has 0 radical (unpaired) electrons.